The predicted octanol–water partition coefficient (Wildman–Crippen LogP) is 0.481. The number of carbonyl (C=O) groups is 1. The van der Waals surface area contributed by atoms with Gasteiger partial charge >= 0.3 is 5.97 Å². The minimum Gasteiger partial charge on any atom is -0.469 e. The van der Waals surface area contributed by atoms with E-state index in [0.29, 0.717) is 13.0 Å². The Bertz CT molecular complexity index is 239. The van der Waals surface area contributed by atoms with Gasteiger partial charge in [-0.1, -0.05) is 0 Å². The third kappa shape index (κ3) is 1.25. The Morgan fingerprint density at radius 3 is 2.57 bits per heavy atom. The van der Waals surface area contributed by atoms with Crippen LogP contribution < -0.4 is 0 Å². The van der Waals surface area contributed by atoms with Crippen molar-refractivity contribution in [2.45, 2.75) is 31.3 Å². The number of methoxy groups -OCH3 is 1. The van der Waals surface area contributed by atoms with E-state index in [2.05, 4.69) is 0 Å². The molecule has 0 aromatic heterocycles. The summed E-state index contributed by atoms with van der Waals surface area (Å²) < 4.78 is 9.99. The topological polar surface area (TPSA) is 55.8 Å². The van der Waals surface area contributed by atoms with Gasteiger partial charge in [0.1, 0.15) is 5.60 Å². The molecule has 4 heteroatoms. The summed E-state index contributed by atoms with van der Waals surface area (Å²) in [4.78, 5) is 11.6. The van der Waals surface area contributed by atoms with E-state index in [0.717, 1.165) is 19.3 Å². The molecule has 0 aromatic rings. The average Bonchev–Trinajstić information content (AvgIpc) is 2.99. The van der Waals surface area contributed by atoms with Gasteiger partial charge < -0.3 is 14.6 Å². The van der Waals surface area contributed by atoms with Crippen molar-refractivity contribution >= 4 is 5.97 Å². The van der Waals surface area contributed by atoms with E-state index in [1.807, 2.05) is 0 Å². The van der Waals surface area contributed by atoms with Crippen LogP contribution in [0.2, 0.25) is 0 Å². The predicted molar refractivity (Wildman–Crippen MR) is 48.7 cm³/mol. The molecule has 1 aliphatic carbocycles. The highest BCUT2D eigenvalue weighted by Crippen LogP contribution is 2.57. The maximum atomic E-state index is 11.6. The van der Waals surface area contributed by atoms with E-state index in [-0.39, 0.29) is 12.6 Å². The minimum atomic E-state index is -0.988. The van der Waals surface area contributed by atoms with Crippen LogP contribution in [-0.4, -0.2) is 37.0 Å². The number of hydrogen-bond donors (Lipinski definition) is 1. The first-order chi connectivity index (χ1) is 6.65. The van der Waals surface area contributed by atoms with Gasteiger partial charge in [-0.25, -0.2) is 0 Å². The monoisotopic (exact) mass is 200 g/mol. The second-order valence-corrected chi connectivity index (χ2v) is 4.26. The van der Waals surface area contributed by atoms with Crippen molar-refractivity contribution in [2.75, 3.05) is 20.3 Å². The summed E-state index contributed by atoms with van der Waals surface area (Å²) in [6.07, 6.45) is 2.90. The van der Waals surface area contributed by atoms with Crippen LogP contribution in [0.3, 0.4) is 0 Å². The van der Waals surface area contributed by atoms with Crippen LogP contribution in [0.4, 0.5) is 0 Å². The van der Waals surface area contributed by atoms with Gasteiger partial charge in [0.05, 0.1) is 19.1 Å². The van der Waals surface area contributed by atoms with Gasteiger partial charge in [0.25, 0.3) is 0 Å². The second-order valence-electron chi connectivity index (χ2n) is 4.26. The van der Waals surface area contributed by atoms with Gasteiger partial charge in [0.15, 0.2) is 0 Å². The van der Waals surface area contributed by atoms with E-state index in [1.165, 1.54) is 7.11 Å². The summed E-state index contributed by atoms with van der Waals surface area (Å²) in [5.74, 6) is -0.287. The van der Waals surface area contributed by atoms with Gasteiger partial charge in [0.2, 0.25) is 0 Å². The lowest BCUT2D eigenvalue weighted by atomic mass is 9.80. The highest BCUT2D eigenvalue weighted by molar-refractivity contribution is 5.81. The number of carbonyl (C=O) groups excluding carboxylic acids is 1. The van der Waals surface area contributed by atoms with Gasteiger partial charge in [-0.3, -0.25) is 4.79 Å². The SMILES string of the molecule is COC(=O)C1(C2(O)CCCOC2)CC1. The number of esters is 1. The molecule has 1 saturated heterocycles. The Labute approximate surface area is 83.2 Å². The Morgan fingerprint density at radius 1 is 1.43 bits per heavy atom. The summed E-state index contributed by atoms with van der Waals surface area (Å²) >= 11 is 0. The van der Waals surface area contributed by atoms with Crippen LogP contribution in [0.15, 0.2) is 0 Å². The first-order valence-electron chi connectivity index (χ1n) is 5.03. The van der Waals surface area contributed by atoms with Crippen LogP contribution in [-0.2, 0) is 14.3 Å². The fourth-order valence-corrected chi connectivity index (χ4v) is 2.34. The summed E-state index contributed by atoms with van der Waals surface area (Å²) in [7, 11) is 1.37. The Kier molecular flexibility index (Phi) is 2.27. The molecule has 1 heterocycles. The molecule has 2 fully saturated rings. The minimum absolute atomic E-state index is 0.266. The lowest BCUT2D eigenvalue weighted by Crippen LogP contribution is -2.50. The number of hydrogen-bond acceptors (Lipinski definition) is 4. The summed E-state index contributed by atoms with van der Waals surface area (Å²) in [6, 6.07) is 0. The van der Waals surface area contributed by atoms with E-state index in [9.17, 15) is 9.90 Å². The molecule has 0 radical (unpaired) electrons. The third-order valence-corrected chi connectivity index (χ3v) is 3.44. The molecule has 4 nitrogen and oxygen atoms in total. The Morgan fingerprint density at radius 2 is 2.14 bits per heavy atom. The van der Waals surface area contributed by atoms with Gasteiger partial charge in [-0.15, -0.1) is 0 Å². The molecule has 0 spiro atoms. The zero-order valence-electron chi connectivity index (χ0n) is 8.41. The highest BCUT2D eigenvalue weighted by atomic mass is 16.5. The summed E-state index contributed by atoms with van der Waals surface area (Å²) in [6.45, 7) is 0.946. The molecule has 0 aromatic carbocycles. The molecule has 1 N–H and O–H groups in total. The van der Waals surface area contributed by atoms with Crippen LogP contribution in [0.25, 0.3) is 0 Å². The maximum absolute atomic E-state index is 11.6. The first-order valence-corrected chi connectivity index (χ1v) is 5.03. The van der Waals surface area contributed by atoms with Crippen LogP contribution in [0, 0.1) is 5.41 Å². The molecule has 80 valence electrons. The highest BCUT2D eigenvalue weighted by Gasteiger charge is 2.65. The van der Waals surface area contributed by atoms with E-state index in [1.54, 1.807) is 0 Å². The first kappa shape index (κ1) is 9.93. The molecule has 2 aliphatic rings. The Balaban J connectivity index is 2.15. The zero-order valence-corrected chi connectivity index (χ0v) is 8.41. The normalized spacial score (nSPS) is 35.0. The fraction of sp³-hybridized carbons (Fsp3) is 0.900. The lowest BCUT2D eigenvalue weighted by Gasteiger charge is -2.37. The number of ether oxygens (including phenoxy) is 2. The van der Waals surface area contributed by atoms with Crippen molar-refractivity contribution < 1.29 is 19.4 Å². The van der Waals surface area contributed by atoms with Gasteiger partial charge in [0, 0.05) is 6.61 Å². The van der Waals surface area contributed by atoms with Crippen molar-refractivity contribution in [3.63, 3.8) is 0 Å². The van der Waals surface area contributed by atoms with E-state index in [4.69, 9.17) is 9.47 Å². The molecule has 1 unspecified atom stereocenters. The summed E-state index contributed by atoms with van der Waals surface area (Å²) in [5.41, 5.74) is -1.65. The average molecular weight is 200 g/mol. The molecular weight excluding hydrogens is 184 g/mol. The van der Waals surface area contributed by atoms with Gasteiger partial charge in [-0.2, -0.15) is 0 Å². The van der Waals surface area contributed by atoms with Crippen LogP contribution in [0.1, 0.15) is 25.7 Å². The standard InChI is InChI=1S/C10H16O4/c1-13-8(11)9(4-5-9)10(12)3-2-6-14-7-10/h12H,2-7H2,1H3. The van der Waals surface area contributed by atoms with Crippen LogP contribution in [0.5, 0.6) is 0 Å². The molecule has 0 bridgehead atoms. The zero-order chi connectivity index (χ0) is 10.2. The third-order valence-electron chi connectivity index (χ3n) is 3.44. The van der Waals surface area contributed by atoms with Crippen molar-refractivity contribution in [3.8, 4) is 0 Å². The summed E-state index contributed by atoms with van der Waals surface area (Å²) in [5, 5.41) is 10.3. The molecular formula is C10H16O4. The molecule has 1 atom stereocenters. The Hall–Kier alpha value is -0.610. The van der Waals surface area contributed by atoms with E-state index < -0.39 is 11.0 Å². The van der Waals surface area contributed by atoms with E-state index >= 15 is 0 Å². The molecule has 14 heavy (non-hydrogen) atoms. The fourth-order valence-electron chi connectivity index (χ4n) is 2.34. The van der Waals surface area contributed by atoms with Crippen molar-refractivity contribution in [2.24, 2.45) is 5.41 Å². The van der Waals surface area contributed by atoms with Crippen molar-refractivity contribution in [1.29, 1.82) is 0 Å². The molecule has 1 saturated carbocycles. The molecule has 2 rings (SSSR count). The quantitative estimate of drug-likeness (QED) is 0.659. The number of aliphatic hydroxyl groups is 1. The van der Waals surface area contributed by atoms with Gasteiger partial charge in [-0.05, 0) is 25.7 Å². The van der Waals surface area contributed by atoms with Crippen LogP contribution >= 0.6 is 0 Å². The lowest BCUT2D eigenvalue weighted by molar-refractivity contribution is -0.174. The second kappa shape index (κ2) is 3.21. The largest absolute Gasteiger partial charge is 0.469 e. The molecule has 0 amide bonds. The maximum Gasteiger partial charge on any atom is 0.314 e. The molecule has 1 aliphatic heterocycles. The van der Waals surface area contributed by atoms with Crippen molar-refractivity contribution in [3.05, 3.63) is 0 Å². The van der Waals surface area contributed by atoms with Crippen molar-refractivity contribution in [1.82, 2.24) is 0 Å². The smallest absolute Gasteiger partial charge is 0.314 e. The number of rotatable bonds is 2.